The molecule has 0 bridgehead atoms. The highest BCUT2D eigenvalue weighted by atomic mass is 127. The van der Waals surface area contributed by atoms with Gasteiger partial charge in [0.05, 0.1) is 5.69 Å². The molecule has 1 aliphatic heterocycles. The topological polar surface area (TPSA) is 90.7 Å². The smallest absolute Gasteiger partial charge is 0.224 e. The van der Waals surface area contributed by atoms with Crippen molar-refractivity contribution in [2.45, 2.75) is 33.2 Å². The van der Waals surface area contributed by atoms with E-state index in [4.69, 9.17) is 0 Å². The molecule has 1 amide bonds. The van der Waals surface area contributed by atoms with Crippen LogP contribution in [0.25, 0.3) is 0 Å². The van der Waals surface area contributed by atoms with Crippen molar-refractivity contribution in [1.29, 1.82) is 0 Å². The number of pyridine rings is 1. The van der Waals surface area contributed by atoms with E-state index in [1.165, 1.54) is 5.69 Å². The van der Waals surface area contributed by atoms with Crippen LogP contribution in [0.4, 0.5) is 5.82 Å². The quantitative estimate of drug-likeness (QED) is 0.224. The van der Waals surface area contributed by atoms with Gasteiger partial charge in [0.2, 0.25) is 5.91 Å². The normalized spacial score (nSPS) is 14.2. The molecule has 1 fully saturated rings. The molecule has 0 aromatic carbocycles. The van der Waals surface area contributed by atoms with Crippen LogP contribution in [0.1, 0.15) is 24.2 Å². The Morgan fingerprint density at radius 1 is 1.12 bits per heavy atom. The Morgan fingerprint density at radius 3 is 2.50 bits per heavy atom. The number of carbonyl (C=O) groups is 1. The third-order valence-electron chi connectivity index (χ3n) is 5.40. The second-order valence-electron chi connectivity index (χ2n) is 7.74. The average molecular weight is 554 g/mol. The number of aromatic nitrogens is 3. The van der Waals surface area contributed by atoms with Crippen LogP contribution in [0.15, 0.2) is 35.5 Å². The van der Waals surface area contributed by atoms with Crippen LogP contribution in [0.3, 0.4) is 0 Å². The fourth-order valence-electron chi connectivity index (χ4n) is 3.73. The first-order chi connectivity index (χ1) is 15.1. The van der Waals surface area contributed by atoms with Crippen molar-refractivity contribution in [3.63, 3.8) is 0 Å². The minimum atomic E-state index is 0. The van der Waals surface area contributed by atoms with Crippen LogP contribution in [0, 0.1) is 13.8 Å². The van der Waals surface area contributed by atoms with Crippen LogP contribution in [0.2, 0.25) is 0 Å². The van der Waals surface area contributed by atoms with Gasteiger partial charge in [-0.2, -0.15) is 5.10 Å². The molecule has 10 heteroatoms. The lowest BCUT2D eigenvalue weighted by molar-refractivity contribution is -0.131. The van der Waals surface area contributed by atoms with E-state index >= 15 is 0 Å². The highest BCUT2D eigenvalue weighted by molar-refractivity contribution is 14.0. The second-order valence-corrected chi connectivity index (χ2v) is 7.74. The van der Waals surface area contributed by atoms with Crippen LogP contribution in [0.5, 0.6) is 0 Å². The zero-order valence-corrected chi connectivity index (χ0v) is 21.6. The minimum absolute atomic E-state index is 0. The number of hydrogen-bond acceptors (Lipinski definition) is 5. The molecule has 0 saturated carbocycles. The molecule has 2 N–H and O–H groups in total. The lowest BCUT2D eigenvalue weighted by atomic mass is 10.2. The number of aryl methyl sites for hydroxylation is 3. The van der Waals surface area contributed by atoms with Gasteiger partial charge in [0, 0.05) is 71.2 Å². The van der Waals surface area contributed by atoms with Gasteiger partial charge in [-0.3, -0.25) is 14.5 Å². The third kappa shape index (κ3) is 7.64. The number of nitrogens with one attached hydrogen (secondary N) is 2. The predicted molar refractivity (Wildman–Crippen MR) is 139 cm³/mol. The summed E-state index contributed by atoms with van der Waals surface area (Å²) in [6.07, 6.45) is 3.21. The number of aliphatic imine (C=N–C) groups is 1. The Morgan fingerprint density at radius 2 is 1.88 bits per heavy atom. The third-order valence-corrected chi connectivity index (χ3v) is 5.40. The van der Waals surface area contributed by atoms with Crippen molar-refractivity contribution in [3.05, 3.63) is 41.9 Å². The van der Waals surface area contributed by atoms with Crippen molar-refractivity contribution < 1.29 is 4.79 Å². The van der Waals surface area contributed by atoms with E-state index in [2.05, 4.69) is 43.6 Å². The zero-order chi connectivity index (χ0) is 22.1. The van der Waals surface area contributed by atoms with Crippen molar-refractivity contribution >= 4 is 41.7 Å². The first-order valence-corrected chi connectivity index (χ1v) is 11.0. The number of guanidine groups is 1. The molecule has 0 atom stereocenters. The molecule has 2 aromatic heterocycles. The number of anilines is 1. The fraction of sp³-hybridized carbons (Fsp3) is 0.545. The number of halogens is 1. The van der Waals surface area contributed by atoms with Gasteiger partial charge >= 0.3 is 0 Å². The van der Waals surface area contributed by atoms with Gasteiger partial charge in [-0.15, -0.1) is 24.0 Å². The molecule has 9 nitrogen and oxygen atoms in total. The molecule has 3 heterocycles. The van der Waals surface area contributed by atoms with Gasteiger partial charge in [-0.1, -0.05) is 6.07 Å². The summed E-state index contributed by atoms with van der Waals surface area (Å²) in [6.45, 7) is 9.40. The molecule has 0 aliphatic carbocycles. The van der Waals surface area contributed by atoms with Crippen molar-refractivity contribution in [2.24, 2.45) is 4.99 Å². The first kappa shape index (κ1) is 25.9. The number of piperazine rings is 1. The summed E-state index contributed by atoms with van der Waals surface area (Å²) in [6, 6.07) is 8.01. The van der Waals surface area contributed by atoms with E-state index in [1.54, 1.807) is 13.2 Å². The maximum Gasteiger partial charge on any atom is 0.224 e. The summed E-state index contributed by atoms with van der Waals surface area (Å²) in [5, 5.41) is 11.0. The summed E-state index contributed by atoms with van der Waals surface area (Å²) < 4.78 is 2.03. The Balaban J connectivity index is 0.00000363. The van der Waals surface area contributed by atoms with Crippen molar-refractivity contribution in [1.82, 2.24) is 30.3 Å². The van der Waals surface area contributed by atoms with Gasteiger partial charge in [0.15, 0.2) is 5.96 Å². The van der Waals surface area contributed by atoms with Gasteiger partial charge in [0.25, 0.3) is 0 Å². The Labute approximate surface area is 207 Å². The number of carbonyl (C=O) groups excluding carboxylic acids is 1. The van der Waals surface area contributed by atoms with E-state index in [0.717, 1.165) is 63.2 Å². The van der Waals surface area contributed by atoms with Gasteiger partial charge < -0.3 is 20.4 Å². The molecule has 2 aromatic rings. The summed E-state index contributed by atoms with van der Waals surface area (Å²) in [5.41, 5.74) is 2.23. The molecule has 3 rings (SSSR count). The zero-order valence-electron chi connectivity index (χ0n) is 19.3. The average Bonchev–Trinajstić information content (AvgIpc) is 3.12. The van der Waals surface area contributed by atoms with Crippen LogP contribution >= 0.6 is 24.0 Å². The van der Waals surface area contributed by atoms with Crippen molar-refractivity contribution in [3.8, 4) is 0 Å². The predicted octanol–water partition coefficient (Wildman–Crippen LogP) is 1.81. The van der Waals surface area contributed by atoms with Crippen molar-refractivity contribution in [2.75, 3.05) is 51.2 Å². The van der Waals surface area contributed by atoms with E-state index < -0.39 is 0 Å². The highest BCUT2D eigenvalue weighted by Crippen LogP contribution is 2.12. The summed E-state index contributed by atoms with van der Waals surface area (Å²) in [4.78, 5) is 25.3. The minimum Gasteiger partial charge on any atom is -0.356 e. The van der Waals surface area contributed by atoms with E-state index in [1.807, 2.05) is 34.7 Å². The number of nitrogens with zero attached hydrogens (tertiary/aromatic N) is 6. The Kier molecular flexibility index (Phi) is 10.7. The summed E-state index contributed by atoms with van der Waals surface area (Å²) >= 11 is 0. The van der Waals surface area contributed by atoms with Gasteiger partial charge in [-0.25, -0.2) is 4.98 Å². The van der Waals surface area contributed by atoms with Gasteiger partial charge in [-0.05, 0) is 38.5 Å². The monoisotopic (exact) mass is 554 g/mol. The largest absolute Gasteiger partial charge is 0.356 e. The Bertz CT molecular complexity index is 862. The van der Waals surface area contributed by atoms with Crippen LogP contribution < -0.4 is 15.5 Å². The summed E-state index contributed by atoms with van der Waals surface area (Å²) in [5.74, 6) is 1.87. The Hall–Kier alpha value is -2.37. The van der Waals surface area contributed by atoms with Crippen LogP contribution in [-0.4, -0.2) is 77.8 Å². The fourth-order valence-corrected chi connectivity index (χ4v) is 3.73. The molecule has 32 heavy (non-hydrogen) atoms. The standard InChI is InChI=1S/C22H34N8O.HI/c1-18-17-19(2)30(27-18)12-6-10-25-22(23-3)26-11-8-21(31)29-15-13-28(14-16-29)20-7-4-5-9-24-20;/h4-5,7,9,17H,6,8,10-16H2,1-3H3,(H2,23,25,26);1H. The lowest BCUT2D eigenvalue weighted by Gasteiger charge is -2.35. The molecule has 176 valence electrons. The maximum absolute atomic E-state index is 12.5. The van der Waals surface area contributed by atoms with E-state index in [-0.39, 0.29) is 29.9 Å². The number of rotatable bonds is 8. The summed E-state index contributed by atoms with van der Waals surface area (Å²) in [7, 11) is 1.75. The molecule has 1 saturated heterocycles. The van der Waals surface area contributed by atoms with Crippen LogP contribution in [-0.2, 0) is 11.3 Å². The van der Waals surface area contributed by atoms with E-state index in [9.17, 15) is 4.79 Å². The first-order valence-electron chi connectivity index (χ1n) is 11.0. The molecule has 0 radical (unpaired) electrons. The number of hydrogen-bond donors (Lipinski definition) is 2. The second kappa shape index (κ2) is 13.2. The number of amides is 1. The maximum atomic E-state index is 12.5. The molecule has 0 unspecified atom stereocenters. The molecule has 1 aliphatic rings. The highest BCUT2D eigenvalue weighted by Gasteiger charge is 2.21. The van der Waals surface area contributed by atoms with Gasteiger partial charge in [0.1, 0.15) is 5.82 Å². The molecular weight excluding hydrogens is 519 g/mol. The lowest BCUT2D eigenvalue weighted by Crippen LogP contribution is -2.49. The van der Waals surface area contributed by atoms with E-state index in [0.29, 0.717) is 13.0 Å². The SMILES string of the molecule is CN=C(NCCCn1nc(C)cc1C)NCCC(=O)N1CCN(c2ccccn2)CC1.I. The molecule has 0 spiro atoms. The molecular formula is C22H35IN8O.